The molecule has 0 aliphatic heterocycles. The molecule has 6 nitrogen and oxygen atoms in total. The number of hydrogen-bond acceptors (Lipinski definition) is 6. The smallest absolute Gasteiger partial charge is 0.246 e. The third-order valence-electron chi connectivity index (χ3n) is 5.12. The number of aromatic hydroxyl groups is 1. The van der Waals surface area contributed by atoms with E-state index in [1.54, 1.807) is 6.20 Å². The molecule has 0 radical (unpaired) electrons. The minimum atomic E-state index is 0.250. The summed E-state index contributed by atoms with van der Waals surface area (Å²) in [7, 11) is 2.03. The maximum Gasteiger partial charge on any atom is 0.246 e. The molecule has 29 heavy (non-hydrogen) atoms. The highest BCUT2D eigenvalue weighted by Crippen LogP contribution is 2.28. The van der Waals surface area contributed by atoms with Gasteiger partial charge < -0.3 is 14.8 Å². The first-order chi connectivity index (χ1) is 13.7. The molecule has 0 atom stereocenters. The van der Waals surface area contributed by atoms with Gasteiger partial charge in [0.05, 0.1) is 11.3 Å². The lowest BCUT2D eigenvalue weighted by Gasteiger charge is -2.25. The number of pyridine rings is 1. The topological polar surface area (TPSA) is 84.0 Å². The molecule has 0 bridgehead atoms. The molecular weight excluding hydrogens is 364 g/mol. The molecule has 0 fully saturated rings. The van der Waals surface area contributed by atoms with Gasteiger partial charge in [-0.2, -0.15) is 5.90 Å². The van der Waals surface area contributed by atoms with Gasteiger partial charge in [0, 0.05) is 24.8 Å². The minimum absolute atomic E-state index is 0.250. The molecule has 0 aliphatic carbocycles. The molecule has 0 amide bonds. The van der Waals surface area contributed by atoms with Crippen LogP contribution in [0.5, 0.6) is 5.75 Å². The van der Waals surface area contributed by atoms with Crippen molar-refractivity contribution in [2.24, 2.45) is 10.9 Å². The van der Waals surface area contributed by atoms with E-state index < -0.39 is 0 Å². The van der Waals surface area contributed by atoms with Gasteiger partial charge in [-0.25, -0.2) is 9.98 Å². The van der Waals surface area contributed by atoms with Crippen molar-refractivity contribution >= 4 is 17.4 Å². The summed E-state index contributed by atoms with van der Waals surface area (Å²) in [6.45, 7) is 14.2. The van der Waals surface area contributed by atoms with Crippen LogP contribution in [0.1, 0.15) is 55.5 Å². The maximum absolute atomic E-state index is 10.2. The Bertz CT molecular complexity index is 919. The normalized spacial score (nSPS) is 11.7. The van der Waals surface area contributed by atoms with Gasteiger partial charge in [0.25, 0.3) is 0 Å². The number of nitrogens with zero attached hydrogens (tertiary/aromatic N) is 3. The van der Waals surface area contributed by atoms with E-state index in [2.05, 4.69) is 42.2 Å². The zero-order chi connectivity index (χ0) is 21.7. The van der Waals surface area contributed by atoms with E-state index in [0.29, 0.717) is 29.5 Å². The summed E-state index contributed by atoms with van der Waals surface area (Å²) in [5.41, 5.74) is 4.72. The Morgan fingerprint density at radius 2 is 1.83 bits per heavy atom. The van der Waals surface area contributed by atoms with E-state index in [1.807, 2.05) is 39.1 Å². The van der Waals surface area contributed by atoms with Gasteiger partial charge in [0.1, 0.15) is 11.6 Å². The zero-order valence-electron chi connectivity index (χ0n) is 18.3. The summed E-state index contributed by atoms with van der Waals surface area (Å²) < 4.78 is 0. The van der Waals surface area contributed by atoms with Crippen LogP contribution in [0.15, 0.2) is 36.0 Å². The molecule has 0 saturated heterocycles. The van der Waals surface area contributed by atoms with E-state index >= 15 is 0 Å². The monoisotopic (exact) mass is 396 g/mol. The first kappa shape index (κ1) is 22.4. The number of benzene rings is 1. The fourth-order valence-electron chi connectivity index (χ4n) is 3.08. The standard InChI is InChI=1S/C23H32N4O2/c1-8-17-11-19(10-15(5)21(17)28)16(6)26-23(29-24)20-12-18(9-2)22(25-13-20)27(7)14(3)4/h10-14,28H,6,8-9,24H2,1-5,7H3/b26-23-. The van der Waals surface area contributed by atoms with Crippen LogP contribution >= 0.6 is 0 Å². The number of phenols is 1. The predicted octanol–water partition coefficient (Wildman–Crippen LogP) is 4.37. The zero-order valence-corrected chi connectivity index (χ0v) is 18.3. The number of aromatic nitrogens is 1. The fourth-order valence-corrected chi connectivity index (χ4v) is 3.08. The first-order valence-electron chi connectivity index (χ1n) is 9.92. The largest absolute Gasteiger partial charge is 0.507 e. The Kier molecular flexibility index (Phi) is 7.40. The minimum Gasteiger partial charge on any atom is -0.507 e. The summed E-state index contributed by atoms with van der Waals surface area (Å²) in [5.74, 6) is 7.02. The van der Waals surface area contributed by atoms with Gasteiger partial charge in [-0.15, -0.1) is 0 Å². The van der Waals surface area contributed by atoms with Crippen molar-refractivity contribution in [2.75, 3.05) is 11.9 Å². The number of nitrogens with two attached hydrogens (primary N) is 1. The molecule has 3 N–H and O–H groups in total. The Morgan fingerprint density at radius 3 is 2.38 bits per heavy atom. The van der Waals surface area contributed by atoms with Gasteiger partial charge >= 0.3 is 0 Å². The van der Waals surface area contributed by atoms with Crippen molar-refractivity contribution in [1.82, 2.24) is 4.98 Å². The van der Waals surface area contributed by atoms with Gasteiger partial charge in [0.2, 0.25) is 5.90 Å². The lowest BCUT2D eigenvalue weighted by molar-refractivity contribution is 0.322. The molecule has 2 aromatic rings. The van der Waals surface area contributed by atoms with Crippen molar-refractivity contribution in [1.29, 1.82) is 0 Å². The van der Waals surface area contributed by atoms with Crippen LogP contribution in [0.4, 0.5) is 5.82 Å². The number of aryl methyl sites for hydroxylation is 3. The summed E-state index contributed by atoms with van der Waals surface area (Å²) in [6.07, 6.45) is 3.25. The van der Waals surface area contributed by atoms with Gasteiger partial charge in [-0.1, -0.05) is 20.4 Å². The maximum atomic E-state index is 10.2. The molecule has 1 heterocycles. The second kappa shape index (κ2) is 9.56. The molecule has 0 spiro atoms. The highest BCUT2D eigenvalue weighted by Gasteiger charge is 2.15. The average molecular weight is 397 g/mol. The first-order valence-corrected chi connectivity index (χ1v) is 9.92. The van der Waals surface area contributed by atoms with Crippen LogP contribution in [0, 0.1) is 6.92 Å². The van der Waals surface area contributed by atoms with Gasteiger partial charge in [0.15, 0.2) is 0 Å². The number of hydrogen-bond donors (Lipinski definition) is 2. The van der Waals surface area contributed by atoms with E-state index in [0.717, 1.165) is 34.5 Å². The van der Waals surface area contributed by atoms with E-state index in [9.17, 15) is 5.11 Å². The molecular formula is C23H32N4O2. The van der Waals surface area contributed by atoms with Crippen LogP contribution in [-0.2, 0) is 17.7 Å². The number of phenolic OH excluding ortho intramolecular Hbond substituents is 1. The molecule has 2 rings (SSSR count). The predicted molar refractivity (Wildman–Crippen MR) is 120 cm³/mol. The molecule has 6 heteroatoms. The van der Waals surface area contributed by atoms with Crippen LogP contribution in [-0.4, -0.2) is 29.1 Å². The molecule has 0 aliphatic rings. The Hall–Kier alpha value is -2.86. The fraction of sp³-hybridized carbons (Fsp3) is 0.391. The quantitative estimate of drug-likeness (QED) is 0.412. The lowest BCUT2D eigenvalue weighted by atomic mass is 10.0. The summed E-state index contributed by atoms with van der Waals surface area (Å²) in [6, 6.07) is 6.08. The van der Waals surface area contributed by atoms with Crippen molar-refractivity contribution in [3.05, 3.63) is 58.8 Å². The third kappa shape index (κ3) is 4.95. The van der Waals surface area contributed by atoms with Crippen molar-refractivity contribution < 1.29 is 9.94 Å². The van der Waals surface area contributed by atoms with Crippen molar-refractivity contribution in [2.45, 2.75) is 53.5 Å². The van der Waals surface area contributed by atoms with Gasteiger partial charge in [-0.3, -0.25) is 0 Å². The van der Waals surface area contributed by atoms with Crippen LogP contribution in [0.3, 0.4) is 0 Å². The van der Waals surface area contributed by atoms with E-state index in [1.165, 1.54) is 0 Å². The molecule has 1 aromatic heterocycles. The lowest BCUT2D eigenvalue weighted by Crippen LogP contribution is -2.28. The van der Waals surface area contributed by atoms with E-state index in [-0.39, 0.29) is 5.90 Å². The van der Waals surface area contributed by atoms with Crippen LogP contribution in [0.2, 0.25) is 0 Å². The summed E-state index contributed by atoms with van der Waals surface area (Å²) in [5, 5.41) is 10.2. The van der Waals surface area contributed by atoms with E-state index in [4.69, 9.17) is 10.7 Å². The Morgan fingerprint density at radius 1 is 1.21 bits per heavy atom. The number of anilines is 1. The highest BCUT2D eigenvalue weighted by molar-refractivity contribution is 5.97. The van der Waals surface area contributed by atoms with Crippen LogP contribution < -0.4 is 10.8 Å². The van der Waals surface area contributed by atoms with Crippen molar-refractivity contribution in [3.8, 4) is 5.75 Å². The molecule has 0 unspecified atom stereocenters. The Balaban J connectivity index is 2.44. The third-order valence-corrected chi connectivity index (χ3v) is 5.12. The molecule has 1 aromatic carbocycles. The Labute approximate surface area is 173 Å². The second-order valence-corrected chi connectivity index (χ2v) is 7.40. The second-order valence-electron chi connectivity index (χ2n) is 7.40. The molecule has 156 valence electrons. The van der Waals surface area contributed by atoms with Gasteiger partial charge in [-0.05, 0) is 68.5 Å². The SMILES string of the molecule is C=C(/N=C(\ON)c1cnc(N(C)C(C)C)c(CC)c1)c1cc(C)c(O)c(CC)c1. The van der Waals surface area contributed by atoms with Crippen molar-refractivity contribution in [3.63, 3.8) is 0 Å². The van der Waals surface area contributed by atoms with Crippen LogP contribution in [0.25, 0.3) is 5.70 Å². The highest BCUT2D eigenvalue weighted by atomic mass is 16.6. The number of aliphatic imine (C=N–C) groups is 1. The number of rotatable bonds is 7. The summed E-state index contributed by atoms with van der Waals surface area (Å²) >= 11 is 0. The molecule has 0 saturated carbocycles. The average Bonchev–Trinajstić information content (AvgIpc) is 2.72. The summed E-state index contributed by atoms with van der Waals surface area (Å²) in [4.78, 5) is 16.3.